The van der Waals surface area contributed by atoms with Gasteiger partial charge in [0.15, 0.2) is 0 Å². The van der Waals surface area contributed by atoms with Gasteiger partial charge in [-0.25, -0.2) is 0 Å². The summed E-state index contributed by atoms with van der Waals surface area (Å²) in [6.07, 6.45) is -0.599. The Balaban J connectivity index is 3.26. The third-order valence-electron chi connectivity index (χ3n) is 3.22. The van der Waals surface area contributed by atoms with E-state index in [0.717, 1.165) is 0 Å². The zero-order valence-electron chi connectivity index (χ0n) is 12.0. The zero-order valence-corrected chi connectivity index (χ0v) is 12.0. The fourth-order valence-electron chi connectivity index (χ4n) is 2.42. The van der Waals surface area contributed by atoms with E-state index in [0.29, 0.717) is 5.57 Å². The number of hydrogen-bond acceptors (Lipinski definition) is 5. The molecule has 0 spiro atoms. The van der Waals surface area contributed by atoms with Crippen molar-refractivity contribution in [1.29, 1.82) is 0 Å². The Bertz CT molecular complexity index is 354. The zero-order chi connectivity index (χ0) is 14.6. The Labute approximate surface area is 113 Å². The van der Waals surface area contributed by atoms with Crippen LogP contribution in [0.2, 0.25) is 0 Å². The third kappa shape index (κ3) is 2.52. The Morgan fingerprint density at radius 2 is 1.79 bits per heavy atom. The molecule has 1 atom stereocenters. The Morgan fingerprint density at radius 1 is 1.32 bits per heavy atom. The van der Waals surface area contributed by atoms with Gasteiger partial charge in [-0.15, -0.1) is 0 Å². The van der Waals surface area contributed by atoms with Crippen LogP contribution in [0.15, 0.2) is 12.2 Å². The second-order valence-corrected chi connectivity index (χ2v) is 4.83. The predicted molar refractivity (Wildman–Crippen MR) is 69.4 cm³/mol. The van der Waals surface area contributed by atoms with Gasteiger partial charge < -0.3 is 14.2 Å². The third-order valence-corrected chi connectivity index (χ3v) is 3.22. The number of hydrogen-bond donors (Lipinski definition) is 0. The fourth-order valence-corrected chi connectivity index (χ4v) is 2.42. The molecule has 0 unspecified atom stereocenters. The van der Waals surface area contributed by atoms with E-state index < -0.39 is 23.5 Å². The van der Waals surface area contributed by atoms with E-state index in [1.807, 2.05) is 13.8 Å². The van der Waals surface area contributed by atoms with E-state index in [4.69, 9.17) is 14.2 Å². The van der Waals surface area contributed by atoms with Gasteiger partial charge in [0.2, 0.25) is 5.41 Å². The molecule has 0 amide bonds. The van der Waals surface area contributed by atoms with Crippen LogP contribution >= 0.6 is 0 Å². The molecule has 0 aliphatic carbocycles. The van der Waals surface area contributed by atoms with Crippen LogP contribution in [0, 0.1) is 11.3 Å². The molecule has 19 heavy (non-hydrogen) atoms. The predicted octanol–water partition coefficient (Wildman–Crippen LogP) is 1.71. The minimum Gasteiger partial charge on any atom is -0.465 e. The first kappa shape index (κ1) is 15.7. The topological polar surface area (TPSA) is 61.8 Å². The lowest BCUT2D eigenvalue weighted by Gasteiger charge is -2.32. The molecule has 1 saturated heterocycles. The molecule has 1 fully saturated rings. The largest absolute Gasteiger partial charge is 0.465 e. The lowest BCUT2D eigenvalue weighted by atomic mass is 9.74. The number of carbonyl (C=O) groups is 2. The van der Waals surface area contributed by atoms with Crippen LogP contribution in [-0.4, -0.2) is 37.9 Å². The molecule has 1 aliphatic heterocycles. The molecule has 0 aromatic rings. The molecule has 1 aliphatic rings. The lowest BCUT2D eigenvalue weighted by Crippen LogP contribution is -2.50. The normalized spacial score (nSPS) is 21.5. The average Bonchev–Trinajstić information content (AvgIpc) is 2.68. The summed E-state index contributed by atoms with van der Waals surface area (Å²) >= 11 is 0. The maximum absolute atomic E-state index is 12.3. The van der Waals surface area contributed by atoms with Crippen molar-refractivity contribution >= 4 is 11.9 Å². The van der Waals surface area contributed by atoms with Gasteiger partial charge in [0, 0.05) is 0 Å². The monoisotopic (exact) mass is 270 g/mol. The smallest absolute Gasteiger partial charge is 0.330 e. The molecule has 0 aromatic carbocycles. The molecular formula is C14H22O5. The van der Waals surface area contributed by atoms with Crippen molar-refractivity contribution in [2.45, 2.75) is 33.8 Å². The van der Waals surface area contributed by atoms with Crippen LogP contribution < -0.4 is 0 Å². The van der Waals surface area contributed by atoms with Crippen molar-refractivity contribution in [3.05, 3.63) is 12.2 Å². The first-order valence-corrected chi connectivity index (χ1v) is 6.57. The van der Waals surface area contributed by atoms with Gasteiger partial charge in [-0.2, -0.15) is 0 Å². The summed E-state index contributed by atoms with van der Waals surface area (Å²) in [6, 6.07) is 0. The van der Waals surface area contributed by atoms with Gasteiger partial charge in [0.05, 0.1) is 25.9 Å². The summed E-state index contributed by atoms with van der Waals surface area (Å²) in [5.41, 5.74) is -1.12. The summed E-state index contributed by atoms with van der Waals surface area (Å²) in [6.45, 7) is 11.5. The van der Waals surface area contributed by atoms with Crippen molar-refractivity contribution in [3.63, 3.8) is 0 Å². The molecule has 1 heterocycles. The van der Waals surface area contributed by atoms with Crippen LogP contribution in [0.1, 0.15) is 27.7 Å². The van der Waals surface area contributed by atoms with E-state index >= 15 is 0 Å². The molecular weight excluding hydrogens is 248 g/mol. The SMILES string of the molecule is C=C1CO[C@H](C(C)C)C1(C(=O)OCC)C(=O)OCC. The highest BCUT2D eigenvalue weighted by molar-refractivity contribution is 6.05. The summed E-state index contributed by atoms with van der Waals surface area (Å²) < 4.78 is 15.7. The molecule has 108 valence electrons. The van der Waals surface area contributed by atoms with Crippen molar-refractivity contribution in [2.24, 2.45) is 11.3 Å². The molecule has 1 rings (SSSR count). The maximum Gasteiger partial charge on any atom is 0.330 e. The highest BCUT2D eigenvalue weighted by Gasteiger charge is 2.62. The minimum absolute atomic E-state index is 0.0342. The summed E-state index contributed by atoms with van der Waals surface area (Å²) in [7, 11) is 0. The van der Waals surface area contributed by atoms with Crippen LogP contribution in [0.25, 0.3) is 0 Å². The molecule has 0 aromatic heterocycles. The van der Waals surface area contributed by atoms with E-state index in [-0.39, 0.29) is 25.7 Å². The van der Waals surface area contributed by atoms with Crippen molar-refractivity contribution < 1.29 is 23.8 Å². The Morgan fingerprint density at radius 3 is 2.16 bits per heavy atom. The molecule has 0 N–H and O–H groups in total. The van der Waals surface area contributed by atoms with Crippen LogP contribution in [0.4, 0.5) is 0 Å². The molecule has 5 nitrogen and oxygen atoms in total. The average molecular weight is 270 g/mol. The second kappa shape index (κ2) is 6.19. The standard InChI is InChI=1S/C14H22O5/c1-6-17-12(15)14(13(16)18-7-2)10(5)8-19-11(14)9(3)4/h9,11H,5-8H2,1-4H3/t11-/m1/s1. The maximum atomic E-state index is 12.3. The van der Waals surface area contributed by atoms with Crippen LogP contribution in [-0.2, 0) is 23.8 Å². The fraction of sp³-hybridized carbons (Fsp3) is 0.714. The first-order chi connectivity index (χ1) is 8.92. The molecule has 0 saturated carbocycles. The summed E-state index contributed by atoms with van der Waals surface area (Å²) in [5, 5.41) is 0. The van der Waals surface area contributed by atoms with Crippen LogP contribution in [0.5, 0.6) is 0 Å². The molecule has 0 radical (unpaired) electrons. The molecule has 0 bridgehead atoms. The quantitative estimate of drug-likeness (QED) is 0.432. The van der Waals surface area contributed by atoms with Gasteiger partial charge >= 0.3 is 11.9 Å². The van der Waals surface area contributed by atoms with Gasteiger partial charge in [-0.1, -0.05) is 20.4 Å². The van der Waals surface area contributed by atoms with E-state index in [1.54, 1.807) is 13.8 Å². The van der Waals surface area contributed by atoms with Crippen molar-refractivity contribution in [2.75, 3.05) is 19.8 Å². The summed E-state index contributed by atoms with van der Waals surface area (Å²) in [4.78, 5) is 24.7. The highest BCUT2D eigenvalue weighted by atomic mass is 16.6. The van der Waals surface area contributed by atoms with E-state index in [1.165, 1.54) is 0 Å². The van der Waals surface area contributed by atoms with Crippen molar-refractivity contribution in [3.8, 4) is 0 Å². The van der Waals surface area contributed by atoms with E-state index in [2.05, 4.69) is 6.58 Å². The number of ether oxygens (including phenoxy) is 3. The molecule has 5 heteroatoms. The highest BCUT2D eigenvalue weighted by Crippen LogP contribution is 2.44. The van der Waals surface area contributed by atoms with E-state index in [9.17, 15) is 9.59 Å². The minimum atomic E-state index is -1.53. The summed E-state index contributed by atoms with van der Waals surface area (Å²) in [5.74, 6) is -1.29. The Kier molecular flexibility index (Phi) is 5.11. The first-order valence-electron chi connectivity index (χ1n) is 6.57. The number of rotatable bonds is 5. The van der Waals surface area contributed by atoms with Gasteiger partial charge in [-0.05, 0) is 25.3 Å². The van der Waals surface area contributed by atoms with Gasteiger partial charge in [0.25, 0.3) is 0 Å². The van der Waals surface area contributed by atoms with Crippen molar-refractivity contribution in [1.82, 2.24) is 0 Å². The number of carbonyl (C=O) groups excluding carboxylic acids is 2. The van der Waals surface area contributed by atoms with Gasteiger partial charge in [0.1, 0.15) is 0 Å². The number of esters is 2. The van der Waals surface area contributed by atoms with Crippen LogP contribution in [0.3, 0.4) is 0 Å². The lowest BCUT2D eigenvalue weighted by molar-refractivity contribution is -0.175. The van der Waals surface area contributed by atoms with Gasteiger partial charge in [-0.3, -0.25) is 9.59 Å². The second-order valence-electron chi connectivity index (χ2n) is 4.83. The Hall–Kier alpha value is -1.36.